The zero-order chi connectivity index (χ0) is 15.4. The highest BCUT2D eigenvalue weighted by molar-refractivity contribution is 9.10. The number of benzene rings is 2. The molecule has 0 amide bonds. The van der Waals surface area contributed by atoms with E-state index in [0.717, 1.165) is 16.6 Å². The fourth-order valence-electron chi connectivity index (χ4n) is 2.25. The molecule has 0 aliphatic rings. The zero-order valence-electron chi connectivity index (χ0n) is 11.5. The third-order valence-corrected chi connectivity index (χ3v) is 4.46. The molecule has 112 valence electrons. The van der Waals surface area contributed by atoms with E-state index in [4.69, 9.17) is 23.2 Å². The predicted octanol–water partition coefficient (Wildman–Crippen LogP) is 5.79. The Bertz CT molecular complexity index is 613. The highest BCUT2D eigenvalue weighted by Crippen LogP contribution is 2.31. The summed E-state index contributed by atoms with van der Waals surface area (Å²) >= 11 is 15.8. The van der Waals surface area contributed by atoms with E-state index in [1.807, 2.05) is 6.92 Å². The molecule has 2 rings (SSSR count). The number of halogens is 4. The molecule has 0 saturated carbocycles. The van der Waals surface area contributed by atoms with E-state index in [1.54, 1.807) is 30.3 Å². The summed E-state index contributed by atoms with van der Waals surface area (Å²) in [4.78, 5) is 0. The predicted molar refractivity (Wildman–Crippen MR) is 90.7 cm³/mol. The molecule has 0 bridgehead atoms. The van der Waals surface area contributed by atoms with Crippen molar-refractivity contribution in [3.63, 3.8) is 0 Å². The Morgan fingerprint density at radius 2 is 1.86 bits per heavy atom. The molecule has 0 radical (unpaired) electrons. The lowest BCUT2D eigenvalue weighted by Gasteiger charge is -2.20. The van der Waals surface area contributed by atoms with Crippen molar-refractivity contribution in [3.05, 3.63) is 67.9 Å². The van der Waals surface area contributed by atoms with E-state index in [-0.39, 0.29) is 11.9 Å². The summed E-state index contributed by atoms with van der Waals surface area (Å²) in [5, 5.41) is 4.49. The first kappa shape index (κ1) is 16.8. The van der Waals surface area contributed by atoms with Gasteiger partial charge in [-0.15, -0.1) is 0 Å². The van der Waals surface area contributed by atoms with E-state index < -0.39 is 0 Å². The second kappa shape index (κ2) is 7.59. The maximum atomic E-state index is 14.1. The molecule has 0 aliphatic carbocycles. The van der Waals surface area contributed by atoms with Crippen molar-refractivity contribution >= 4 is 39.1 Å². The molecule has 0 fully saturated rings. The van der Waals surface area contributed by atoms with Gasteiger partial charge in [0.2, 0.25) is 0 Å². The first-order chi connectivity index (χ1) is 10.0. The smallest absolute Gasteiger partial charge is 0.128 e. The lowest BCUT2D eigenvalue weighted by molar-refractivity contribution is 0.510. The Morgan fingerprint density at radius 1 is 1.19 bits per heavy atom. The van der Waals surface area contributed by atoms with Gasteiger partial charge in [-0.05, 0) is 48.9 Å². The summed E-state index contributed by atoms with van der Waals surface area (Å²) in [5.74, 6) is -0.243. The van der Waals surface area contributed by atoms with Crippen LogP contribution >= 0.6 is 39.1 Å². The number of likely N-dealkylation sites (N-methyl/N-ethyl adjacent to an activating group) is 1. The summed E-state index contributed by atoms with van der Waals surface area (Å²) in [5.41, 5.74) is 1.42. The summed E-state index contributed by atoms with van der Waals surface area (Å²) in [6, 6.07) is 10.1. The second-order valence-corrected chi connectivity index (χ2v) is 6.41. The van der Waals surface area contributed by atoms with Gasteiger partial charge in [0.05, 0.1) is 0 Å². The summed E-state index contributed by atoms with van der Waals surface area (Å²) in [7, 11) is 0. The summed E-state index contributed by atoms with van der Waals surface area (Å²) < 4.78 is 15.0. The molecule has 2 aromatic rings. The molecule has 0 spiro atoms. The van der Waals surface area contributed by atoms with Gasteiger partial charge in [-0.1, -0.05) is 52.1 Å². The van der Waals surface area contributed by atoms with Crippen LogP contribution in [-0.4, -0.2) is 6.54 Å². The minimum absolute atomic E-state index is 0.190. The van der Waals surface area contributed by atoms with Crippen LogP contribution in [0.5, 0.6) is 0 Å². The monoisotopic (exact) mass is 389 g/mol. The highest BCUT2D eigenvalue weighted by atomic mass is 79.9. The van der Waals surface area contributed by atoms with Gasteiger partial charge in [-0.25, -0.2) is 4.39 Å². The Morgan fingerprint density at radius 3 is 2.48 bits per heavy atom. The van der Waals surface area contributed by atoms with Crippen molar-refractivity contribution in [2.75, 3.05) is 6.54 Å². The van der Waals surface area contributed by atoms with E-state index in [9.17, 15) is 4.39 Å². The topological polar surface area (TPSA) is 12.0 Å². The van der Waals surface area contributed by atoms with E-state index in [2.05, 4.69) is 21.2 Å². The Kier molecular flexibility index (Phi) is 6.06. The molecule has 1 unspecified atom stereocenters. The van der Waals surface area contributed by atoms with Gasteiger partial charge in [0, 0.05) is 26.1 Å². The van der Waals surface area contributed by atoms with Crippen molar-refractivity contribution in [3.8, 4) is 0 Å². The van der Waals surface area contributed by atoms with E-state index in [0.29, 0.717) is 22.0 Å². The van der Waals surface area contributed by atoms with E-state index >= 15 is 0 Å². The maximum absolute atomic E-state index is 14.1. The number of rotatable bonds is 5. The van der Waals surface area contributed by atoms with Gasteiger partial charge < -0.3 is 5.32 Å². The molecule has 1 atom stereocenters. The molecular formula is C16H15BrCl2FN. The minimum atomic E-state index is -0.243. The van der Waals surface area contributed by atoms with Gasteiger partial charge in [0.25, 0.3) is 0 Å². The Hall–Kier alpha value is -0.610. The van der Waals surface area contributed by atoms with Gasteiger partial charge in [0.15, 0.2) is 0 Å². The average molecular weight is 391 g/mol. The average Bonchev–Trinajstić information content (AvgIpc) is 2.44. The van der Waals surface area contributed by atoms with Crippen LogP contribution in [0, 0.1) is 5.82 Å². The molecule has 0 aliphatic heterocycles. The first-order valence-corrected chi connectivity index (χ1v) is 8.19. The molecule has 2 aromatic carbocycles. The van der Waals surface area contributed by atoms with Crippen LogP contribution in [0.3, 0.4) is 0 Å². The van der Waals surface area contributed by atoms with Crippen LogP contribution in [0.25, 0.3) is 0 Å². The van der Waals surface area contributed by atoms with Crippen molar-refractivity contribution in [2.24, 2.45) is 0 Å². The van der Waals surface area contributed by atoms with Gasteiger partial charge >= 0.3 is 0 Å². The van der Waals surface area contributed by atoms with Crippen LogP contribution < -0.4 is 5.32 Å². The Balaban J connectivity index is 2.38. The molecule has 1 nitrogen and oxygen atoms in total. The largest absolute Gasteiger partial charge is 0.310 e. The quantitative estimate of drug-likeness (QED) is 0.681. The molecule has 21 heavy (non-hydrogen) atoms. The molecular weight excluding hydrogens is 376 g/mol. The van der Waals surface area contributed by atoms with Crippen molar-refractivity contribution in [1.82, 2.24) is 5.32 Å². The van der Waals surface area contributed by atoms with Crippen LogP contribution in [0.15, 0.2) is 40.9 Å². The summed E-state index contributed by atoms with van der Waals surface area (Å²) in [6.07, 6.45) is 0.528. The first-order valence-electron chi connectivity index (χ1n) is 6.64. The standard InChI is InChI=1S/C16H15BrCl2FN/c1-2-21-16(12-8-10(17)6-7-15(12)20)9-11-13(18)4-3-5-14(11)19/h3-8,16,21H,2,9H2,1H3. The molecule has 5 heteroatoms. The lowest BCUT2D eigenvalue weighted by atomic mass is 9.98. The lowest BCUT2D eigenvalue weighted by Crippen LogP contribution is -2.24. The second-order valence-electron chi connectivity index (χ2n) is 4.68. The number of hydrogen-bond donors (Lipinski definition) is 1. The fraction of sp³-hybridized carbons (Fsp3) is 0.250. The van der Waals surface area contributed by atoms with Crippen molar-refractivity contribution < 1.29 is 4.39 Å². The normalized spacial score (nSPS) is 12.4. The fourth-order valence-corrected chi connectivity index (χ4v) is 3.18. The summed E-state index contributed by atoms with van der Waals surface area (Å²) in [6.45, 7) is 2.70. The van der Waals surface area contributed by atoms with Crippen LogP contribution in [0.1, 0.15) is 24.1 Å². The molecule has 0 aromatic heterocycles. The third kappa shape index (κ3) is 4.19. The molecule has 1 N–H and O–H groups in total. The highest BCUT2D eigenvalue weighted by Gasteiger charge is 2.18. The number of hydrogen-bond acceptors (Lipinski definition) is 1. The van der Waals surface area contributed by atoms with Crippen LogP contribution in [0.4, 0.5) is 4.39 Å². The van der Waals surface area contributed by atoms with Gasteiger partial charge in [0.1, 0.15) is 5.82 Å². The third-order valence-electron chi connectivity index (χ3n) is 3.25. The molecule has 0 heterocycles. The molecule has 0 saturated heterocycles. The van der Waals surface area contributed by atoms with Crippen molar-refractivity contribution in [1.29, 1.82) is 0 Å². The van der Waals surface area contributed by atoms with Gasteiger partial charge in [-0.2, -0.15) is 0 Å². The SMILES string of the molecule is CCNC(Cc1c(Cl)cccc1Cl)c1cc(Br)ccc1F. The maximum Gasteiger partial charge on any atom is 0.128 e. The van der Waals surface area contributed by atoms with Crippen LogP contribution in [-0.2, 0) is 6.42 Å². The minimum Gasteiger partial charge on any atom is -0.310 e. The Labute approximate surface area is 142 Å². The zero-order valence-corrected chi connectivity index (χ0v) is 14.6. The number of nitrogens with one attached hydrogen (secondary N) is 1. The van der Waals surface area contributed by atoms with Crippen LogP contribution in [0.2, 0.25) is 10.0 Å². The van der Waals surface area contributed by atoms with Crippen molar-refractivity contribution in [2.45, 2.75) is 19.4 Å². The van der Waals surface area contributed by atoms with E-state index in [1.165, 1.54) is 6.07 Å². The van der Waals surface area contributed by atoms with Gasteiger partial charge in [-0.3, -0.25) is 0 Å².